The second-order valence-electron chi connectivity index (χ2n) is 5.97. The van der Waals surface area contributed by atoms with Crippen LogP contribution in [0.5, 0.6) is 0 Å². The van der Waals surface area contributed by atoms with Gasteiger partial charge in [0, 0.05) is 44.8 Å². The van der Waals surface area contributed by atoms with E-state index in [2.05, 4.69) is 14.9 Å². The van der Waals surface area contributed by atoms with Crippen LogP contribution in [0.15, 0.2) is 48.9 Å². The van der Waals surface area contributed by atoms with Gasteiger partial charge < -0.3 is 14.4 Å². The summed E-state index contributed by atoms with van der Waals surface area (Å²) in [4.78, 5) is 26.7. The van der Waals surface area contributed by atoms with Gasteiger partial charge >= 0.3 is 0 Å². The lowest BCUT2D eigenvalue weighted by Crippen LogP contribution is -2.49. The van der Waals surface area contributed by atoms with Crippen molar-refractivity contribution >= 4 is 23.1 Å². The van der Waals surface area contributed by atoms with Gasteiger partial charge in [0.1, 0.15) is 10.7 Å². The molecule has 3 aromatic heterocycles. The van der Waals surface area contributed by atoms with Crippen LogP contribution in [0.2, 0.25) is 0 Å². The maximum absolute atomic E-state index is 12.9. The number of thiazole rings is 1. The van der Waals surface area contributed by atoms with E-state index in [-0.39, 0.29) is 5.91 Å². The topological polar surface area (TPSA) is 54.3 Å². The Morgan fingerprint density at radius 1 is 1.08 bits per heavy atom. The van der Waals surface area contributed by atoms with Gasteiger partial charge in [0.2, 0.25) is 0 Å². The lowest BCUT2D eigenvalue weighted by atomic mass is 10.2. The summed E-state index contributed by atoms with van der Waals surface area (Å²) in [6.45, 7) is 4.90. The van der Waals surface area contributed by atoms with E-state index in [1.807, 2.05) is 59.1 Å². The third kappa shape index (κ3) is 3.15. The molecule has 7 heteroatoms. The highest BCUT2D eigenvalue weighted by Gasteiger charge is 2.26. The molecule has 0 saturated carbocycles. The van der Waals surface area contributed by atoms with E-state index in [0.717, 1.165) is 34.6 Å². The molecule has 0 aliphatic carbocycles. The average molecular weight is 353 g/mol. The number of anilines is 1. The van der Waals surface area contributed by atoms with E-state index < -0.39 is 0 Å². The maximum Gasteiger partial charge on any atom is 0.266 e. The highest BCUT2D eigenvalue weighted by atomic mass is 32.1. The zero-order valence-electron chi connectivity index (χ0n) is 14.0. The molecule has 128 valence electrons. The van der Waals surface area contributed by atoms with E-state index in [1.54, 1.807) is 6.20 Å². The molecule has 25 heavy (non-hydrogen) atoms. The van der Waals surface area contributed by atoms with E-state index >= 15 is 0 Å². The van der Waals surface area contributed by atoms with Crippen LogP contribution in [-0.4, -0.2) is 51.5 Å². The molecule has 6 nitrogen and oxygen atoms in total. The Morgan fingerprint density at radius 2 is 1.84 bits per heavy atom. The Bertz CT molecular complexity index is 851. The van der Waals surface area contributed by atoms with Crippen molar-refractivity contribution in [3.63, 3.8) is 0 Å². The van der Waals surface area contributed by atoms with Crippen LogP contribution in [0.4, 0.5) is 5.82 Å². The number of carbonyl (C=O) groups is 1. The van der Waals surface area contributed by atoms with Crippen LogP contribution in [0.1, 0.15) is 15.4 Å². The van der Waals surface area contributed by atoms with Gasteiger partial charge in [-0.1, -0.05) is 17.4 Å². The van der Waals surface area contributed by atoms with E-state index in [1.165, 1.54) is 11.3 Å². The highest BCUT2D eigenvalue weighted by molar-refractivity contribution is 7.16. The second-order valence-corrected chi connectivity index (χ2v) is 6.95. The standard InChI is InChI=1S/C18H19N5OS/c1-14-16(25-18(20-14)23-8-4-5-9-23)17(24)22-12-10-21(11-13-22)15-6-2-3-7-19-15/h2-9H,10-13H2,1H3. The minimum absolute atomic E-state index is 0.0778. The first-order valence-corrected chi connectivity index (χ1v) is 9.10. The summed E-state index contributed by atoms with van der Waals surface area (Å²) in [5.41, 5.74) is 0.797. The summed E-state index contributed by atoms with van der Waals surface area (Å²) in [5, 5.41) is 0.831. The third-order valence-corrected chi connectivity index (χ3v) is 5.50. The molecule has 1 aliphatic rings. The summed E-state index contributed by atoms with van der Waals surface area (Å²) in [6, 6.07) is 9.82. The Morgan fingerprint density at radius 3 is 2.52 bits per heavy atom. The molecule has 1 aliphatic heterocycles. The van der Waals surface area contributed by atoms with E-state index in [9.17, 15) is 4.79 Å². The van der Waals surface area contributed by atoms with Crippen molar-refractivity contribution in [1.82, 2.24) is 19.4 Å². The van der Waals surface area contributed by atoms with Crippen molar-refractivity contribution in [2.75, 3.05) is 31.1 Å². The predicted octanol–water partition coefficient (Wildman–Crippen LogP) is 2.60. The number of hydrogen-bond donors (Lipinski definition) is 0. The average Bonchev–Trinajstić information content (AvgIpc) is 3.32. The molecule has 1 saturated heterocycles. The summed E-state index contributed by atoms with van der Waals surface area (Å²) < 4.78 is 1.94. The smallest absolute Gasteiger partial charge is 0.266 e. The number of amides is 1. The summed E-state index contributed by atoms with van der Waals surface area (Å²) in [7, 11) is 0. The van der Waals surface area contributed by atoms with Crippen LogP contribution in [0.25, 0.3) is 5.13 Å². The van der Waals surface area contributed by atoms with Gasteiger partial charge in [0.15, 0.2) is 5.13 Å². The van der Waals surface area contributed by atoms with Crippen LogP contribution < -0.4 is 4.90 Å². The van der Waals surface area contributed by atoms with Gasteiger partial charge in [-0.2, -0.15) is 0 Å². The maximum atomic E-state index is 12.9. The van der Waals surface area contributed by atoms with Gasteiger partial charge in [-0.3, -0.25) is 4.79 Å². The van der Waals surface area contributed by atoms with Crippen molar-refractivity contribution in [3.05, 3.63) is 59.5 Å². The normalized spacial score (nSPS) is 14.8. The molecule has 1 amide bonds. The zero-order valence-corrected chi connectivity index (χ0v) is 14.8. The number of aromatic nitrogens is 3. The van der Waals surface area contributed by atoms with Gasteiger partial charge in [0.05, 0.1) is 5.69 Å². The van der Waals surface area contributed by atoms with Crippen molar-refractivity contribution < 1.29 is 4.79 Å². The quantitative estimate of drug-likeness (QED) is 0.726. The minimum atomic E-state index is 0.0778. The molecule has 0 atom stereocenters. The molecule has 0 radical (unpaired) electrons. The molecular weight excluding hydrogens is 334 g/mol. The molecule has 0 N–H and O–H groups in total. The van der Waals surface area contributed by atoms with Gasteiger partial charge in [-0.25, -0.2) is 9.97 Å². The van der Waals surface area contributed by atoms with Gasteiger partial charge in [-0.05, 0) is 31.2 Å². The Labute approximate surface area is 150 Å². The van der Waals surface area contributed by atoms with Crippen LogP contribution >= 0.6 is 11.3 Å². The largest absolute Gasteiger partial charge is 0.353 e. The van der Waals surface area contributed by atoms with Crippen LogP contribution in [0, 0.1) is 6.92 Å². The fourth-order valence-electron chi connectivity index (χ4n) is 2.98. The number of pyridine rings is 1. The van der Waals surface area contributed by atoms with Gasteiger partial charge in [-0.15, -0.1) is 0 Å². The molecule has 4 rings (SSSR count). The lowest BCUT2D eigenvalue weighted by molar-refractivity contribution is 0.0750. The molecule has 0 spiro atoms. The second kappa shape index (κ2) is 6.68. The first-order chi connectivity index (χ1) is 12.2. The van der Waals surface area contributed by atoms with Gasteiger partial charge in [0.25, 0.3) is 5.91 Å². The predicted molar refractivity (Wildman–Crippen MR) is 98.5 cm³/mol. The van der Waals surface area contributed by atoms with Crippen molar-refractivity contribution in [2.45, 2.75) is 6.92 Å². The summed E-state index contributed by atoms with van der Waals surface area (Å²) >= 11 is 1.45. The number of hydrogen-bond acceptors (Lipinski definition) is 5. The molecular formula is C18H19N5OS. The van der Waals surface area contributed by atoms with E-state index in [4.69, 9.17) is 0 Å². The zero-order chi connectivity index (χ0) is 17.2. The Balaban J connectivity index is 1.46. The first kappa shape index (κ1) is 15.8. The number of nitrogens with zero attached hydrogens (tertiary/aromatic N) is 5. The number of rotatable bonds is 3. The summed E-state index contributed by atoms with van der Waals surface area (Å²) in [6.07, 6.45) is 5.69. The molecule has 1 fully saturated rings. The first-order valence-electron chi connectivity index (χ1n) is 8.28. The molecule has 3 aromatic rings. The Kier molecular flexibility index (Phi) is 4.23. The van der Waals surface area contributed by atoms with Crippen LogP contribution in [-0.2, 0) is 0 Å². The molecule has 4 heterocycles. The fourth-order valence-corrected chi connectivity index (χ4v) is 3.98. The highest BCUT2D eigenvalue weighted by Crippen LogP contribution is 2.24. The summed E-state index contributed by atoms with van der Waals surface area (Å²) in [5.74, 6) is 1.05. The van der Waals surface area contributed by atoms with Crippen molar-refractivity contribution in [1.29, 1.82) is 0 Å². The number of aryl methyl sites for hydroxylation is 1. The molecule has 0 bridgehead atoms. The lowest BCUT2D eigenvalue weighted by Gasteiger charge is -2.35. The monoisotopic (exact) mass is 353 g/mol. The van der Waals surface area contributed by atoms with Crippen molar-refractivity contribution in [2.24, 2.45) is 0 Å². The molecule has 0 unspecified atom stereocenters. The SMILES string of the molecule is Cc1nc(-n2cccc2)sc1C(=O)N1CCN(c2ccccn2)CC1. The van der Waals surface area contributed by atoms with E-state index in [0.29, 0.717) is 13.1 Å². The number of piperazine rings is 1. The Hall–Kier alpha value is -2.67. The minimum Gasteiger partial charge on any atom is -0.353 e. The third-order valence-electron chi connectivity index (χ3n) is 4.35. The molecule has 0 aromatic carbocycles. The number of carbonyl (C=O) groups excluding carboxylic acids is 1. The van der Waals surface area contributed by atoms with Crippen molar-refractivity contribution in [3.8, 4) is 5.13 Å². The fraction of sp³-hybridized carbons (Fsp3) is 0.278. The van der Waals surface area contributed by atoms with Crippen LogP contribution in [0.3, 0.4) is 0 Å².